The van der Waals surface area contributed by atoms with Crippen molar-refractivity contribution in [2.45, 2.75) is 31.9 Å². The molecule has 2 aromatic rings. The number of hydrazone groups is 1. The van der Waals surface area contributed by atoms with E-state index in [4.69, 9.17) is 4.74 Å². The molecule has 0 spiro atoms. The molecule has 0 saturated carbocycles. The highest BCUT2D eigenvalue weighted by Crippen LogP contribution is 2.27. The number of urea groups is 1. The number of nitrogens with zero attached hydrogens (tertiary/aromatic N) is 3. The first kappa shape index (κ1) is 24.3. The molecule has 0 bridgehead atoms. The molecular weight excluding hydrogens is 459 g/mol. The standard InChI is InChI=1S/C26H24F3N3O3/c27-26(28,29)35-24-13-11-21(12-14-24)22-9-6-15-30-32(17-22)25(33)31-16-5-4-10-23(31)19-34-18-20-7-2-1-3-8-20/h1-4,6-8,10-14,17,23H,5,9,16,18-19H2/t23-/m0/s1. The van der Waals surface area contributed by atoms with Crippen LogP contribution in [0.5, 0.6) is 5.75 Å². The van der Waals surface area contributed by atoms with Crippen LogP contribution >= 0.6 is 0 Å². The Morgan fingerprint density at radius 1 is 1.11 bits per heavy atom. The Balaban J connectivity index is 1.45. The molecule has 9 heteroatoms. The number of alkyl halides is 3. The molecule has 1 atom stereocenters. The van der Waals surface area contributed by atoms with Gasteiger partial charge in [0.15, 0.2) is 0 Å². The summed E-state index contributed by atoms with van der Waals surface area (Å²) in [4.78, 5) is 15.1. The number of rotatable bonds is 6. The Bertz CT molecular complexity index is 1140. The molecule has 182 valence electrons. The number of carbonyl (C=O) groups excluding carboxylic acids is 1. The van der Waals surface area contributed by atoms with E-state index in [0.717, 1.165) is 5.56 Å². The molecule has 2 aliphatic heterocycles. The van der Waals surface area contributed by atoms with Crippen LogP contribution in [0.15, 0.2) is 84.1 Å². The average molecular weight is 483 g/mol. The van der Waals surface area contributed by atoms with Gasteiger partial charge in [0.2, 0.25) is 0 Å². The normalized spacial score (nSPS) is 17.8. The number of hydrogen-bond acceptors (Lipinski definition) is 4. The molecule has 0 saturated heterocycles. The summed E-state index contributed by atoms with van der Waals surface area (Å²) >= 11 is 0. The van der Waals surface area contributed by atoms with Gasteiger partial charge in [-0.2, -0.15) is 5.01 Å². The zero-order chi connectivity index (χ0) is 24.7. The number of hydrogen-bond donors (Lipinski definition) is 0. The Kier molecular flexibility index (Phi) is 7.70. The van der Waals surface area contributed by atoms with Crippen molar-refractivity contribution in [3.05, 3.63) is 90.2 Å². The molecule has 0 aliphatic carbocycles. The van der Waals surface area contributed by atoms with E-state index in [0.29, 0.717) is 43.7 Å². The van der Waals surface area contributed by atoms with Crippen LogP contribution in [0.2, 0.25) is 0 Å². The second kappa shape index (κ2) is 11.1. The molecule has 0 radical (unpaired) electrons. The summed E-state index contributed by atoms with van der Waals surface area (Å²) in [6, 6.07) is 14.7. The second-order valence-electron chi connectivity index (χ2n) is 7.97. The van der Waals surface area contributed by atoms with Gasteiger partial charge in [0, 0.05) is 25.0 Å². The number of halogens is 3. The van der Waals surface area contributed by atoms with E-state index in [2.05, 4.69) is 15.7 Å². The maximum Gasteiger partial charge on any atom is 0.573 e. The van der Waals surface area contributed by atoms with Crippen LogP contribution in [0.4, 0.5) is 18.0 Å². The van der Waals surface area contributed by atoms with E-state index in [9.17, 15) is 18.0 Å². The van der Waals surface area contributed by atoms with Crippen molar-refractivity contribution in [3.8, 4) is 5.75 Å². The SMILES string of the molecule is O=C(N1C=C(c2ccc(OC(F)(F)F)cc2)CC=C=N1)N1CCC=C[C@H]1COCc1ccccc1. The summed E-state index contributed by atoms with van der Waals surface area (Å²) < 4.78 is 47.1. The molecule has 2 aromatic carbocycles. The van der Waals surface area contributed by atoms with E-state index in [-0.39, 0.29) is 17.8 Å². The van der Waals surface area contributed by atoms with Crippen LogP contribution < -0.4 is 4.74 Å². The number of carbonyl (C=O) groups is 1. The highest BCUT2D eigenvalue weighted by Gasteiger charge is 2.31. The molecule has 2 aliphatic rings. The minimum Gasteiger partial charge on any atom is -0.406 e. The molecule has 2 amide bonds. The minimum absolute atomic E-state index is 0.252. The Morgan fingerprint density at radius 3 is 2.63 bits per heavy atom. The molecule has 0 unspecified atom stereocenters. The van der Waals surface area contributed by atoms with Crippen molar-refractivity contribution in [2.24, 2.45) is 5.10 Å². The highest BCUT2D eigenvalue weighted by atomic mass is 19.4. The predicted molar refractivity (Wildman–Crippen MR) is 125 cm³/mol. The van der Waals surface area contributed by atoms with Gasteiger partial charge in [-0.05, 0) is 41.3 Å². The van der Waals surface area contributed by atoms with E-state index in [1.165, 1.54) is 29.3 Å². The van der Waals surface area contributed by atoms with Gasteiger partial charge in [0.05, 0.1) is 19.3 Å². The summed E-state index contributed by atoms with van der Waals surface area (Å²) in [6.07, 6.45) is 3.59. The quantitative estimate of drug-likeness (QED) is 0.493. The Hall–Kier alpha value is -3.81. The van der Waals surface area contributed by atoms with Gasteiger partial charge < -0.3 is 14.4 Å². The monoisotopic (exact) mass is 483 g/mol. The van der Waals surface area contributed by atoms with Gasteiger partial charge in [-0.15, -0.1) is 18.3 Å². The van der Waals surface area contributed by atoms with Gasteiger partial charge >= 0.3 is 12.4 Å². The fourth-order valence-corrected chi connectivity index (χ4v) is 3.77. The number of amides is 2. The van der Waals surface area contributed by atoms with Crippen molar-refractivity contribution in [1.29, 1.82) is 0 Å². The molecule has 0 fully saturated rings. The Labute approximate surface area is 201 Å². The predicted octanol–water partition coefficient (Wildman–Crippen LogP) is 5.74. The van der Waals surface area contributed by atoms with Crippen LogP contribution in [0.3, 0.4) is 0 Å². The van der Waals surface area contributed by atoms with Crippen molar-refractivity contribution in [3.63, 3.8) is 0 Å². The fourth-order valence-electron chi connectivity index (χ4n) is 3.77. The first-order chi connectivity index (χ1) is 16.9. The van der Waals surface area contributed by atoms with E-state index in [1.54, 1.807) is 17.2 Å². The summed E-state index contributed by atoms with van der Waals surface area (Å²) in [5.74, 6) is 2.43. The highest BCUT2D eigenvalue weighted by molar-refractivity contribution is 5.81. The number of ether oxygens (including phenoxy) is 2. The molecule has 4 rings (SSSR count). The molecule has 6 nitrogen and oxygen atoms in total. The topological polar surface area (TPSA) is 54.4 Å². The lowest BCUT2D eigenvalue weighted by Crippen LogP contribution is -2.48. The zero-order valence-electron chi connectivity index (χ0n) is 18.8. The maximum absolute atomic E-state index is 13.4. The summed E-state index contributed by atoms with van der Waals surface area (Å²) in [6.45, 7) is 1.29. The van der Waals surface area contributed by atoms with Gasteiger partial charge in [-0.25, -0.2) is 4.79 Å². The third-order valence-corrected chi connectivity index (χ3v) is 5.45. The van der Waals surface area contributed by atoms with Crippen molar-refractivity contribution in [2.75, 3.05) is 13.2 Å². The number of allylic oxidation sites excluding steroid dienone is 2. The van der Waals surface area contributed by atoms with Crippen molar-refractivity contribution < 1.29 is 27.4 Å². The van der Waals surface area contributed by atoms with Crippen molar-refractivity contribution >= 4 is 17.5 Å². The van der Waals surface area contributed by atoms with Crippen LogP contribution in [-0.2, 0) is 11.3 Å². The van der Waals surface area contributed by atoms with Crippen LogP contribution in [0.1, 0.15) is 24.0 Å². The van der Waals surface area contributed by atoms with E-state index < -0.39 is 6.36 Å². The van der Waals surface area contributed by atoms with Gasteiger partial charge in [-0.1, -0.05) is 54.6 Å². The molecule has 35 heavy (non-hydrogen) atoms. The lowest BCUT2D eigenvalue weighted by molar-refractivity contribution is -0.274. The summed E-state index contributed by atoms with van der Waals surface area (Å²) in [5.41, 5.74) is 2.40. The Morgan fingerprint density at radius 2 is 1.89 bits per heavy atom. The molecule has 0 N–H and O–H groups in total. The van der Waals surface area contributed by atoms with Gasteiger partial charge in [0.25, 0.3) is 0 Å². The van der Waals surface area contributed by atoms with Crippen LogP contribution in [0.25, 0.3) is 5.57 Å². The fraction of sp³-hybridized carbons (Fsp3) is 0.269. The van der Waals surface area contributed by atoms with Crippen molar-refractivity contribution in [1.82, 2.24) is 9.91 Å². The van der Waals surface area contributed by atoms with Gasteiger partial charge in [0.1, 0.15) is 5.75 Å². The first-order valence-electron chi connectivity index (χ1n) is 11.1. The molecule has 2 heterocycles. The molecular formula is C26H24F3N3O3. The number of benzene rings is 2. The zero-order valence-corrected chi connectivity index (χ0v) is 18.8. The smallest absolute Gasteiger partial charge is 0.406 e. The minimum atomic E-state index is -4.76. The lowest BCUT2D eigenvalue weighted by atomic mass is 10.0. The van der Waals surface area contributed by atoms with E-state index in [1.807, 2.05) is 42.5 Å². The maximum atomic E-state index is 13.4. The third kappa shape index (κ3) is 6.85. The average Bonchev–Trinajstić information content (AvgIpc) is 3.11. The lowest BCUT2D eigenvalue weighted by Gasteiger charge is -2.33. The molecule has 0 aromatic heterocycles. The van der Waals surface area contributed by atoms with E-state index >= 15 is 0 Å². The first-order valence-corrected chi connectivity index (χ1v) is 11.1. The second-order valence-corrected chi connectivity index (χ2v) is 7.97. The largest absolute Gasteiger partial charge is 0.573 e. The van der Waals surface area contributed by atoms with Crippen LogP contribution in [-0.4, -0.2) is 47.4 Å². The van der Waals surface area contributed by atoms with Crippen LogP contribution in [0, 0.1) is 0 Å². The van der Waals surface area contributed by atoms with Gasteiger partial charge in [-0.3, -0.25) is 0 Å². The summed E-state index contributed by atoms with van der Waals surface area (Å²) in [5, 5.41) is 5.33. The third-order valence-electron chi connectivity index (χ3n) is 5.45. The summed E-state index contributed by atoms with van der Waals surface area (Å²) in [7, 11) is 0.